The summed E-state index contributed by atoms with van der Waals surface area (Å²) in [5.74, 6) is 1.91. The fourth-order valence-corrected chi connectivity index (χ4v) is 18.0. The third-order valence-corrected chi connectivity index (χ3v) is 22.1. The lowest BCUT2D eigenvalue weighted by molar-refractivity contribution is 0.748. The highest BCUT2D eigenvalue weighted by molar-refractivity contribution is 6.15. The average Bonchev–Trinajstić information content (AvgIpc) is 1.49. The molecule has 6 heterocycles. The van der Waals surface area contributed by atoms with Crippen molar-refractivity contribution in [3.63, 3.8) is 0 Å². The summed E-state index contributed by atoms with van der Waals surface area (Å²) >= 11 is 0. The molecule has 2 spiro atoms. The van der Waals surface area contributed by atoms with Crippen LogP contribution in [0.4, 0.5) is 0 Å². The van der Waals surface area contributed by atoms with Gasteiger partial charge in [-0.15, -0.1) is 10.2 Å². The van der Waals surface area contributed by atoms with Gasteiger partial charge >= 0.3 is 0 Å². The summed E-state index contributed by atoms with van der Waals surface area (Å²) in [5.41, 5.74) is 32.3. The molecule has 462 valence electrons. The van der Waals surface area contributed by atoms with Crippen LogP contribution in [0.5, 0.6) is 0 Å². The van der Waals surface area contributed by atoms with Crippen molar-refractivity contribution in [3.8, 4) is 113 Å². The number of rotatable bonds is 7. The first-order valence-corrected chi connectivity index (χ1v) is 34.3. The Hall–Kier alpha value is -13.2. The standard InChI is InChI=1S/C93H55N7/c1-3-21-58(22-4-1)89-94-90(59-23-5-2-6-24-59)96-91(95-89)62-46-49-75-71(54-62)65-27-10-13-33-74(65)92(75)76-34-14-17-39-85(76)100-84-52-47-60(53-72(84)70-31-20-36-78(92)88(70)100)56-41-43-57(44-42-56)81-50-51-82(98-97-81)67-28-8-7-25-63(67)61-45-48-66-64-26-9-12-32-73(64)93(80(66)55-61)77-35-15-18-40-86(77)99-83-38-16-11-29-68(83)69-30-19-37-79(93)87(69)99/h1-55H. The minimum absolute atomic E-state index is 0.553. The molecule has 0 bridgehead atoms. The second-order valence-corrected chi connectivity index (χ2v) is 26.9. The van der Waals surface area contributed by atoms with E-state index in [1.165, 1.54) is 122 Å². The van der Waals surface area contributed by atoms with Crippen LogP contribution in [0, 0.1) is 0 Å². The Morgan fingerprint density at radius 3 is 1.30 bits per heavy atom. The zero-order valence-electron chi connectivity index (χ0n) is 53.9. The number of fused-ring (bicyclic) bond motifs is 24. The summed E-state index contributed by atoms with van der Waals surface area (Å²) in [6.45, 7) is 0. The summed E-state index contributed by atoms with van der Waals surface area (Å²) in [6.07, 6.45) is 0. The molecule has 14 aromatic carbocycles. The van der Waals surface area contributed by atoms with Crippen LogP contribution in [-0.2, 0) is 10.8 Å². The van der Waals surface area contributed by atoms with E-state index < -0.39 is 10.8 Å². The molecule has 22 rings (SSSR count). The van der Waals surface area contributed by atoms with E-state index in [0.29, 0.717) is 17.5 Å². The van der Waals surface area contributed by atoms with Crippen molar-refractivity contribution in [2.24, 2.45) is 0 Å². The van der Waals surface area contributed by atoms with Crippen LogP contribution in [0.15, 0.2) is 334 Å². The molecule has 0 N–H and O–H groups in total. The molecule has 4 aromatic heterocycles. The van der Waals surface area contributed by atoms with Gasteiger partial charge in [0.25, 0.3) is 0 Å². The molecule has 2 unspecified atom stereocenters. The van der Waals surface area contributed by atoms with Gasteiger partial charge in [-0.2, -0.15) is 0 Å². The first-order chi connectivity index (χ1) is 49.6. The molecule has 0 saturated carbocycles. The zero-order chi connectivity index (χ0) is 65.4. The molecule has 2 aliphatic carbocycles. The van der Waals surface area contributed by atoms with E-state index in [1.54, 1.807) is 0 Å². The largest absolute Gasteiger partial charge is 0.309 e. The maximum Gasteiger partial charge on any atom is 0.164 e. The summed E-state index contributed by atoms with van der Waals surface area (Å²) in [7, 11) is 0. The molecular weight excluding hydrogens is 1220 g/mol. The highest BCUT2D eigenvalue weighted by atomic mass is 15.1. The van der Waals surface area contributed by atoms with Crippen LogP contribution in [-0.4, -0.2) is 34.3 Å². The predicted octanol–water partition coefficient (Wildman–Crippen LogP) is 21.9. The molecule has 18 aromatic rings. The number of hydrogen-bond acceptors (Lipinski definition) is 5. The second-order valence-electron chi connectivity index (χ2n) is 26.9. The predicted molar refractivity (Wildman–Crippen MR) is 404 cm³/mol. The maximum absolute atomic E-state index is 5.18. The molecule has 0 saturated heterocycles. The molecule has 7 nitrogen and oxygen atoms in total. The van der Waals surface area contributed by atoms with Gasteiger partial charge in [0.05, 0.1) is 55.7 Å². The average molecular weight is 1270 g/mol. The lowest BCUT2D eigenvalue weighted by atomic mass is 9.65. The van der Waals surface area contributed by atoms with Crippen molar-refractivity contribution < 1.29 is 0 Å². The van der Waals surface area contributed by atoms with E-state index in [1.807, 2.05) is 36.4 Å². The van der Waals surface area contributed by atoms with Gasteiger partial charge in [-0.3, -0.25) is 0 Å². The van der Waals surface area contributed by atoms with Crippen LogP contribution in [0.3, 0.4) is 0 Å². The highest BCUT2D eigenvalue weighted by Gasteiger charge is 2.53. The minimum atomic E-state index is -0.610. The number of hydrogen-bond donors (Lipinski definition) is 0. The van der Waals surface area contributed by atoms with Gasteiger partial charge in [0.1, 0.15) is 0 Å². The van der Waals surface area contributed by atoms with Gasteiger partial charge in [-0.1, -0.05) is 279 Å². The maximum atomic E-state index is 5.18. The third kappa shape index (κ3) is 7.39. The smallest absolute Gasteiger partial charge is 0.164 e. The molecule has 0 fully saturated rings. The molecule has 0 radical (unpaired) electrons. The van der Waals surface area contributed by atoms with Crippen LogP contribution >= 0.6 is 0 Å². The van der Waals surface area contributed by atoms with Crippen molar-refractivity contribution in [2.45, 2.75) is 10.8 Å². The molecule has 0 amide bonds. The minimum Gasteiger partial charge on any atom is -0.309 e. The fraction of sp³-hybridized carbons (Fsp3) is 0.0215. The van der Waals surface area contributed by atoms with Crippen LogP contribution in [0.2, 0.25) is 0 Å². The van der Waals surface area contributed by atoms with Gasteiger partial charge in [0.15, 0.2) is 17.5 Å². The Morgan fingerprint density at radius 1 is 0.210 bits per heavy atom. The molecule has 2 atom stereocenters. The summed E-state index contributed by atoms with van der Waals surface area (Å²) < 4.78 is 5.02. The van der Waals surface area contributed by atoms with Gasteiger partial charge in [-0.05, 0) is 144 Å². The Balaban J connectivity index is 0.608. The van der Waals surface area contributed by atoms with E-state index in [9.17, 15) is 0 Å². The number of aromatic nitrogens is 7. The Morgan fingerprint density at radius 2 is 0.650 bits per heavy atom. The topological polar surface area (TPSA) is 74.3 Å². The van der Waals surface area contributed by atoms with Crippen LogP contribution in [0.1, 0.15) is 44.5 Å². The quantitative estimate of drug-likeness (QED) is 0.159. The second kappa shape index (κ2) is 20.6. The first-order valence-electron chi connectivity index (χ1n) is 34.3. The van der Waals surface area contributed by atoms with E-state index >= 15 is 0 Å². The van der Waals surface area contributed by atoms with Gasteiger partial charge in [0, 0.05) is 49.4 Å². The molecular formula is C93H55N7. The Kier molecular flexibility index (Phi) is 11.3. The SMILES string of the molecule is c1ccc(-c2nc(-c3ccccc3)nc(-c3ccc4c(c3)-c3ccccc3C43c4ccccc4-n4c5ccc(-c6ccc(-c7ccc(-c8ccccc8-c8ccc9c(c8)C8(c%10ccccc%10-9)c9ccccc9-n9c%10ccccc%10c%10cccc8c%109)nn7)cc6)cc5c5cccc3c54)n2)cc1. The van der Waals surface area contributed by atoms with E-state index in [2.05, 4.69) is 306 Å². The van der Waals surface area contributed by atoms with Crippen molar-refractivity contribution in [2.75, 3.05) is 0 Å². The molecule has 7 heteroatoms. The van der Waals surface area contributed by atoms with Crippen molar-refractivity contribution >= 4 is 43.6 Å². The molecule has 4 aliphatic rings. The molecule has 2 aliphatic heterocycles. The summed E-state index contributed by atoms with van der Waals surface area (Å²) in [5, 5.41) is 14.9. The van der Waals surface area contributed by atoms with Gasteiger partial charge in [-0.25, -0.2) is 15.0 Å². The normalized spacial score (nSPS) is 15.5. The van der Waals surface area contributed by atoms with Crippen LogP contribution < -0.4 is 0 Å². The van der Waals surface area contributed by atoms with Crippen molar-refractivity contribution in [3.05, 3.63) is 378 Å². The van der Waals surface area contributed by atoms with Gasteiger partial charge < -0.3 is 9.13 Å². The number of para-hydroxylation sites is 5. The van der Waals surface area contributed by atoms with Crippen molar-refractivity contribution in [1.82, 2.24) is 34.3 Å². The molecule has 100 heavy (non-hydrogen) atoms. The van der Waals surface area contributed by atoms with E-state index in [-0.39, 0.29) is 0 Å². The van der Waals surface area contributed by atoms with Gasteiger partial charge in [0.2, 0.25) is 0 Å². The first kappa shape index (κ1) is 55.0. The van der Waals surface area contributed by atoms with E-state index in [4.69, 9.17) is 25.1 Å². The lowest BCUT2D eigenvalue weighted by Gasteiger charge is -2.39. The third-order valence-electron chi connectivity index (χ3n) is 22.1. The zero-order valence-corrected chi connectivity index (χ0v) is 53.9. The highest BCUT2D eigenvalue weighted by Crippen LogP contribution is 2.64. The number of benzene rings is 14. The fourth-order valence-electron chi connectivity index (χ4n) is 18.0. The van der Waals surface area contributed by atoms with E-state index in [0.717, 1.165) is 61.5 Å². The Bertz CT molecular complexity index is 6470. The van der Waals surface area contributed by atoms with Crippen LogP contribution in [0.25, 0.3) is 156 Å². The number of nitrogens with zero attached hydrogens (tertiary/aromatic N) is 7. The lowest BCUT2D eigenvalue weighted by Crippen LogP contribution is -2.33. The summed E-state index contributed by atoms with van der Waals surface area (Å²) in [6, 6.07) is 122. The monoisotopic (exact) mass is 1270 g/mol. The summed E-state index contributed by atoms with van der Waals surface area (Å²) in [4.78, 5) is 15.4. The Labute approximate surface area is 576 Å². The van der Waals surface area contributed by atoms with Crippen molar-refractivity contribution in [1.29, 1.82) is 0 Å².